The quantitative estimate of drug-likeness (QED) is 0.641. The molecule has 1 fully saturated rings. The van der Waals surface area contributed by atoms with E-state index in [-0.39, 0.29) is 5.91 Å². The Balaban J connectivity index is 1.60. The van der Waals surface area contributed by atoms with E-state index < -0.39 is 0 Å². The lowest BCUT2D eigenvalue weighted by Gasteiger charge is -2.36. The predicted octanol–water partition coefficient (Wildman–Crippen LogP) is 5.32. The molecule has 136 valence electrons. The summed E-state index contributed by atoms with van der Waals surface area (Å²) in [6, 6.07) is 11.2. The number of amides is 1. The first-order valence-corrected chi connectivity index (χ1v) is 9.50. The number of carbonyl (C=O) groups excluding carboxylic acids is 1. The molecule has 1 amide bonds. The Morgan fingerprint density at radius 2 is 1.69 bits per heavy atom. The van der Waals surface area contributed by atoms with Gasteiger partial charge in [-0.2, -0.15) is 0 Å². The molecular weight excluding hydrogens is 391 g/mol. The van der Waals surface area contributed by atoms with Gasteiger partial charge in [-0.1, -0.05) is 46.9 Å². The highest BCUT2D eigenvalue weighted by atomic mass is 35.5. The van der Waals surface area contributed by atoms with Crippen LogP contribution in [0, 0.1) is 6.92 Å². The molecule has 3 nitrogen and oxygen atoms in total. The van der Waals surface area contributed by atoms with E-state index in [1.54, 1.807) is 24.3 Å². The van der Waals surface area contributed by atoms with Crippen LogP contribution in [0.3, 0.4) is 0 Å². The van der Waals surface area contributed by atoms with Gasteiger partial charge in [0.05, 0.1) is 10.0 Å². The summed E-state index contributed by atoms with van der Waals surface area (Å²) < 4.78 is 0. The molecule has 3 rings (SSSR count). The van der Waals surface area contributed by atoms with Gasteiger partial charge in [0.25, 0.3) is 0 Å². The van der Waals surface area contributed by atoms with Crippen molar-refractivity contribution >= 4 is 52.5 Å². The smallest absolute Gasteiger partial charge is 0.246 e. The minimum atomic E-state index is -0.00135. The topological polar surface area (TPSA) is 23.6 Å². The van der Waals surface area contributed by atoms with Gasteiger partial charge in [-0.05, 0) is 48.4 Å². The van der Waals surface area contributed by atoms with Gasteiger partial charge in [0.2, 0.25) is 5.91 Å². The zero-order valence-corrected chi connectivity index (χ0v) is 16.7. The second kappa shape index (κ2) is 8.34. The van der Waals surface area contributed by atoms with E-state index in [0.717, 1.165) is 29.4 Å². The summed E-state index contributed by atoms with van der Waals surface area (Å²) in [7, 11) is 0. The highest BCUT2D eigenvalue weighted by Gasteiger charge is 2.20. The molecule has 2 aromatic carbocycles. The molecule has 26 heavy (non-hydrogen) atoms. The third-order valence-corrected chi connectivity index (χ3v) is 5.44. The van der Waals surface area contributed by atoms with E-state index in [0.29, 0.717) is 23.1 Å². The van der Waals surface area contributed by atoms with Crippen LogP contribution in [-0.4, -0.2) is 37.0 Å². The third-order valence-electron chi connectivity index (χ3n) is 4.47. The van der Waals surface area contributed by atoms with Crippen LogP contribution in [0.2, 0.25) is 15.1 Å². The van der Waals surface area contributed by atoms with Crippen LogP contribution in [0.15, 0.2) is 42.5 Å². The first kappa shape index (κ1) is 19.1. The van der Waals surface area contributed by atoms with E-state index >= 15 is 0 Å². The Morgan fingerprint density at radius 1 is 0.962 bits per heavy atom. The first-order chi connectivity index (χ1) is 12.4. The Morgan fingerprint density at radius 3 is 2.38 bits per heavy atom. The molecule has 0 spiro atoms. The third kappa shape index (κ3) is 4.53. The van der Waals surface area contributed by atoms with Crippen molar-refractivity contribution in [1.29, 1.82) is 0 Å². The maximum Gasteiger partial charge on any atom is 0.246 e. The molecule has 2 aromatic rings. The highest BCUT2D eigenvalue weighted by molar-refractivity contribution is 6.42. The molecule has 6 heteroatoms. The van der Waals surface area contributed by atoms with Crippen LogP contribution in [0.5, 0.6) is 0 Å². The van der Waals surface area contributed by atoms with Crippen LogP contribution in [0.1, 0.15) is 11.1 Å². The molecular formula is C20H19Cl3N2O. The molecule has 0 N–H and O–H groups in total. The van der Waals surface area contributed by atoms with Gasteiger partial charge in [0.15, 0.2) is 0 Å². The first-order valence-electron chi connectivity index (χ1n) is 8.37. The molecule has 1 heterocycles. The minimum absolute atomic E-state index is 0.00135. The zero-order chi connectivity index (χ0) is 18.7. The molecule has 1 aliphatic rings. The van der Waals surface area contributed by atoms with Crippen LogP contribution in [-0.2, 0) is 4.79 Å². The fourth-order valence-electron chi connectivity index (χ4n) is 2.98. The number of halogens is 3. The number of rotatable bonds is 3. The molecule has 0 atom stereocenters. The Hall–Kier alpha value is -1.68. The van der Waals surface area contributed by atoms with Gasteiger partial charge in [-0.3, -0.25) is 4.79 Å². The molecule has 1 aliphatic heterocycles. The minimum Gasteiger partial charge on any atom is -0.368 e. The van der Waals surface area contributed by atoms with Crippen molar-refractivity contribution in [2.24, 2.45) is 0 Å². The number of piperazine rings is 1. The summed E-state index contributed by atoms with van der Waals surface area (Å²) >= 11 is 18.0. The molecule has 0 saturated carbocycles. The zero-order valence-electron chi connectivity index (χ0n) is 14.4. The van der Waals surface area contributed by atoms with Gasteiger partial charge in [0, 0.05) is 43.0 Å². The second-order valence-corrected chi connectivity index (χ2v) is 7.50. The van der Waals surface area contributed by atoms with Crippen molar-refractivity contribution < 1.29 is 4.79 Å². The molecule has 0 unspecified atom stereocenters. The summed E-state index contributed by atoms with van der Waals surface area (Å²) in [5, 5.41) is 1.71. The lowest BCUT2D eigenvalue weighted by atomic mass is 10.1. The normalized spacial score (nSPS) is 14.9. The second-order valence-electron chi connectivity index (χ2n) is 6.25. The number of nitrogens with zero attached hydrogens (tertiary/aromatic N) is 2. The Bertz CT molecular complexity index is 843. The average molecular weight is 410 g/mol. The van der Waals surface area contributed by atoms with Crippen LogP contribution >= 0.6 is 34.8 Å². The Kier molecular flexibility index (Phi) is 6.13. The molecule has 0 aromatic heterocycles. The lowest BCUT2D eigenvalue weighted by Crippen LogP contribution is -2.48. The number of carbonyl (C=O) groups is 1. The number of anilines is 1. The van der Waals surface area contributed by atoms with Crippen LogP contribution in [0.4, 0.5) is 5.69 Å². The molecule has 0 aliphatic carbocycles. The van der Waals surface area contributed by atoms with Crippen molar-refractivity contribution in [2.45, 2.75) is 6.92 Å². The van der Waals surface area contributed by atoms with Gasteiger partial charge < -0.3 is 9.80 Å². The Labute approximate surface area is 168 Å². The van der Waals surface area contributed by atoms with Crippen LogP contribution < -0.4 is 4.90 Å². The average Bonchev–Trinajstić information content (AvgIpc) is 2.64. The largest absolute Gasteiger partial charge is 0.368 e. The van der Waals surface area contributed by atoms with Gasteiger partial charge in [-0.15, -0.1) is 0 Å². The number of benzene rings is 2. The van der Waals surface area contributed by atoms with Gasteiger partial charge in [-0.25, -0.2) is 0 Å². The molecule has 0 radical (unpaired) electrons. The van der Waals surface area contributed by atoms with Crippen molar-refractivity contribution in [3.63, 3.8) is 0 Å². The summed E-state index contributed by atoms with van der Waals surface area (Å²) in [5.41, 5.74) is 3.17. The van der Waals surface area contributed by atoms with E-state index in [1.807, 2.05) is 29.2 Å². The standard InChI is InChI=1S/C20H19Cl3N2O/c1-14-2-5-16(21)13-19(14)24-8-10-25(11-9-24)20(26)7-4-15-3-6-17(22)18(23)12-15/h2-7,12-13H,8-11H2,1H3. The van der Waals surface area contributed by atoms with E-state index in [2.05, 4.69) is 11.8 Å². The lowest BCUT2D eigenvalue weighted by molar-refractivity contribution is -0.126. The summed E-state index contributed by atoms with van der Waals surface area (Å²) in [5.74, 6) is -0.00135. The predicted molar refractivity (Wildman–Crippen MR) is 110 cm³/mol. The van der Waals surface area contributed by atoms with Gasteiger partial charge in [0.1, 0.15) is 0 Å². The van der Waals surface area contributed by atoms with Crippen LogP contribution in [0.25, 0.3) is 6.08 Å². The van der Waals surface area contributed by atoms with Crippen molar-refractivity contribution in [3.05, 3.63) is 68.7 Å². The molecule has 1 saturated heterocycles. The fourth-order valence-corrected chi connectivity index (χ4v) is 3.45. The maximum atomic E-state index is 12.4. The highest BCUT2D eigenvalue weighted by Crippen LogP contribution is 2.26. The van der Waals surface area contributed by atoms with E-state index in [9.17, 15) is 4.79 Å². The van der Waals surface area contributed by atoms with E-state index in [1.165, 1.54) is 5.56 Å². The molecule has 0 bridgehead atoms. The summed E-state index contributed by atoms with van der Waals surface area (Å²) in [6.07, 6.45) is 3.35. The monoisotopic (exact) mass is 408 g/mol. The van der Waals surface area contributed by atoms with E-state index in [4.69, 9.17) is 34.8 Å². The fraction of sp³-hybridized carbons (Fsp3) is 0.250. The summed E-state index contributed by atoms with van der Waals surface area (Å²) in [4.78, 5) is 16.6. The number of hydrogen-bond acceptors (Lipinski definition) is 2. The number of aryl methyl sites for hydroxylation is 1. The van der Waals surface area contributed by atoms with Crippen molar-refractivity contribution in [1.82, 2.24) is 4.90 Å². The van der Waals surface area contributed by atoms with Crippen molar-refractivity contribution in [3.8, 4) is 0 Å². The van der Waals surface area contributed by atoms with Gasteiger partial charge >= 0.3 is 0 Å². The summed E-state index contributed by atoms with van der Waals surface area (Å²) in [6.45, 7) is 5.00. The SMILES string of the molecule is Cc1ccc(Cl)cc1N1CCN(C(=O)C=Cc2ccc(Cl)c(Cl)c2)CC1. The van der Waals surface area contributed by atoms with Crippen molar-refractivity contribution in [2.75, 3.05) is 31.1 Å². The maximum absolute atomic E-state index is 12.4. The number of hydrogen-bond donors (Lipinski definition) is 0.